The molecule has 29 heavy (non-hydrogen) atoms. The van der Waals surface area contributed by atoms with Crippen molar-refractivity contribution in [1.82, 2.24) is 4.98 Å². The number of halogens is 1. The molecule has 0 radical (unpaired) electrons. The monoisotopic (exact) mass is 400 g/mol. The van der Waals surface area contributed by atoms with Crippen LogP contribution in [0.5, 0.6) is 0 Å². The highest BCUT2D eigenvalue weighted by Crippen LogP contribution is 2.30. The predicted molar refractivity (Wildman–Crippen MR) is 124 cm³/mol. The van der Waals surface area contributed by atoms with Gasteiger partial charge in [-0.15, -0.1) is 0 Å². The average molecular weight is 401 g/mol. The number of anilines is 1. The van der Waals surface area contributed by atoms with E-state index < -0.39 is 0 Å². The Hall–Kier alpha value is -2.84. The van der Waals surface area contributed by atoms with Crippen molar-refractivity contribution >= 4 is 28.2 Å². The van der Waals surface area contributed by atoms with Crippen molar-refractivity contribution in [3.05, 3.63) is 106 Å². The molecule has 1 unspecified atom stereocenters. The molecule has 0 amide bonds. The minimum Gasteiger partial charge on any atom is -0.363 e. The van der Waals surface area contributed by atoms with Crippen LogP contribution >= 0.6 is 11.6 Å². The molecule has 4 rings (SSSR count). The Bertz CT molecular complexity index is 1140. The third-order valence-electron chi connectivity index (χ3n) is 5.44. The number of pyridine rings is 1. The van der Waals surface area contributed by atoms with Crippen molar-refractivity contribution in [2.45, 2.75) is 33.2 Å². The number of nitrogens with one attached hydrogen (secondary N) is 1. The molecule has 2 nitrogen and oxygen atoms in total. The van der Waals surface area contributed by atoms with Gasteiger partial charge in [-0.25, -0.2) is 4.98 Å². The number of benzene rings is 3. The summed E-state index contributed by atoms with van der Waals surface area (Å²) < 4.78 is 0. The smallest absolute Gasteiger partial charge is 0.134 e. The van der Waals surface area contributed by atoms with Crippen LogP contribution in [-0.4, -0.2) is 4.98 Å². The first-order chi connectivity index (χ1) is 14.0. The molecule has 1 aromatic heterocycles. The van der Waals surface area contributed by atoms with Gasteiger partial charge in [0.05, 0.1) is 0 Å². The summed E-state index contributed by atoms with van der Waals surface area (Å²) in [5.74, 6) is 0.921. The van der Waals surface area contributed by atoms with Gasteiger partial charge in [-0.1, -0.05) is 71.8 Å². The van der Waals surface area contributed by atoms with E-state index >= 15 is 0 Å². The minimum atomic E-state index is 0.163. The highest BCUT2D eigenvalue weighted by atomic mass is 35.5. The fourth-order valence-electron chi connectivity index (χ4n) is 3.67. The van der Waals surface area contributed by atoms with Gasteiger partial charge in [-0.3, -0.25) is 0 Å². The van der Waals surface area contributed by atoms with E-state index in [-0.39, 0.29) is 6.04 Å². The van der Waals surface area contributed by atoms with E-state index in [1.807, 2.05) is 13.1 Å². The van der Waals surface area contributed by atoms with Gasteiger partial charge < -0.3 is 5.32 Å². The van der Waals surface area contributed by atoms with Gasteiger partial charge in [-0.2, -0.15) is 0 Å². The fourth-order valence-corrected chi connectivity index (χ4v) is 3.87. The van der Waals surface area contributed by atoms with Gasteiger partial charge in [0.15, 0.2) is 0 Å². The molecule has 0 spiro atoms. The Balaban J connectivity index is 1.71. The van der Waals surface area contributed by atoms with Crippen LogP contribution in [0, 0.1) is 13.8 Å². The first-order valence-electron chi connectivity index (χ1n) is 9.96. The molecule has 146 valence electrons. The predicted octanol–water partition coefficient (Wildman–Crippen LogP) is 7.27. The summed E-state index contributed by atoms with van der Waals surface area (Å²) in [5, 5.41) is 6.80. The molecule has 4 aromatic rings. The molecule has 0 aliphatic carbocycles. The normalized spacial score (nSPS) is 12.1. The van der Waals surface area contributed by atoms with Crippen molar-refractivity contribution < 1.29 is 0 Å². The second-order valence-electron chi connectivity index (χ2n) is 7.71. The lowest BCUT2D eigenvalue weighted by Crippen LogP contribution is -2.09. The number of fused-ring (bicyclic) bond motifs is 1. The Morgan fingerprint density at radius 3 is 2.52 bits per heavy atom. The van der Waals surface area contributed by atoms with Crippen LogP contribution in [-0.2, 0) is 6.42 Å². The van der Waals surface area contributed by atoms with Crippen molar-refractivity contribution in [3.63, 3.8) is 0 Å². The summed E-state index contributed by atoms with van der Waals surface area (Å²) >= 11 is 6.35. The van der Waals surface area contributed by atoms with E-state index in [0.717, 1.165) is 22.8 Å². The van der Waals surface area contributed by atoms with Crippen LogP contribution in [0.15, 0.2) is 72.9 Å². The first-order valence-corrected chi connectivity index (χ1v) is 10.3. The largest absolute Gasteiger partial charge is 0.363 e. The van der Waals surface area contributed by atoms with Crippen molar-refractivity contribution in [2.75, 3.05) is 5.32 Å². The molecule has 1 N–H and O–H groups in total. The van der Waals surface area contributed by atoms with Crippen LogP contribution in [0.3, 0.4) is 0 Å². The number of aromatic nitrogens is 1. The maximum Gasteiger partial charge on any atom is 0.134 e. The lowest BCUT2D eigenvalue weighted by atomic mass is 9.98. The molecule has 0 saturated carbocycles. The maximum atomic E-state index is 6.35. The first kappa shape index (κ1) is 19.5. The standard InChI is InChI=1S/C26H25ClN2/c1-17-7-11-21(12-8-17)19(3)29-26-25-22(13-14-28-26)5-4-6-23(25)15-20-10-9-18(2)24(27)16-20/h4-14,16,19H,15H2,1-3H3,(H,28,29). The molecule has 3 heteroatoms. The third-order valence-corrected chi connectivity index (χ3v) is 5.85. The molecule has 0 fully saturated rings. The number of rotatable bonds is 5. The third kappa shape index (κ3) is 4.28. The van der Waals surface area contributed by atoms with E-state index in [2.05, 4.69) is 90.9 Å². The summed E-state index contributed by atoms with van der Waals surface area (Å²) in [4.78, 5) is 4.69. The van der Waals surface area contributed by atoms with Crippen molar-refractivity contribution in [2.24, 2.45) is 0 Å². The molecule has 1 atom stereocenters. The number of aryl methyl sites for hydroxylation is 2. The molecular formula is C26H25ClN2. The lowest BCUT2D eigenvalue weighted by Gasteiger charge is -2.18. The second kappa shape index (κ2) is 8.26. The number of hydrogen-bond donors (Lipinski definition) is 1. The molecule has 0 saturated heterocycles. The SMILES string of the molecule is Cc1ccc(C(C)Nc2nccc3cccc(Cc4ccc(C)c(Cl)c4)c23)cc1. The Kier molecular flexibility index (Phi) is 5.55. The molecule has 0 aliphatic heterocycles. The molecule has 1 heterocycles. The van der Waals surface area contributed by atoms with E-state index in [1.165, 1.54) is 33.0 Å². The number of hydrogen-bond acceptors (Lipinski definition) is 2. The minimum absolute atomic E-state index is 0.163. The van der Waals surface area contributed by atoms with Gasteiger partial charge in [0.2, 0.25) is 0 Å². The fraction of sp³-hybridized carbons (Fsp3) is 0.192. The summed E-state index contributed by atoms with van der Waals surface area (Å²) in [5.41, 5.74) is 6.06. The van der Waals surface area contributed by atoms with E-state index in [0.29, 0.717) is 0 Å². The zero-order valence-electron chi connectivity index (χ0n) is 17.0. The van der Waals surface area contributed by atoms with Gasteiger partial charge >= 0.3 is 0 Å². The average Bonchev–Trinajstić information content (AvgIpc) is 2.71. The quantitative estimate of drug-likeness (QED) is 0.381. The van der Waals surface area contributed by atoms with Crippen molar-refractivity contribution in [3.8, 4) is 0 Å². The topological polar surface area (TPSA) is 24.9 Å². The molecule has 0 bridgehead atoms. The maximum absolute atomic E-state index is 6.35. The molecular weight excluding hydrogens is 376 g/mol. The summed E-state index contributed by atoms with van der Waals surface area (Å²) in [7, 11) is 0. The van der Waals surface area contributed by atoms with Crippen molar-refractivity contribution in [1.29, 1.82) is 0 Å². The zero-order chi connectivity index (χ0) is 20.4. The summed E-state index contributed by atoms with van der Waals surface area (Å²) in [6, 6.07) is 23.6. The number of nitrogens with zero attached hydrogens (tertiary/aromatic N) is 1. The van der Waals surface area contributed by atoms with E-state index in [1.54, 1.807) is 0 Å². The van der Waals surface area contributed by atoms with Crippen LogP contribution < -0.4 is 5.32 Å². The highest BCUT2D eigenvalue weighted by molar-refractivity contribution is 6.31. The molecule has 0 aliphatic rings. The molecule has 3 aromatic carbocycles. The van der Waals surface area contributed by atoms with Crippen LogP contribution in [0.1, 0.15) is 40.8 Å². The highest BCUT2D eigenvalue weighted by Gasteiger charge is 2.12. The summed E-state index contributed by atoms with van der Waals surface area (Å²) in [6.07, 6.45) is 2.69. The van der Waals surface area contributed by atoms with Gasteiger partial charge in [-0.05, 0) is 67.0 Å². The van der Waals surface area contributed by atoms with Crippen LogP contribution in [0.4, 0.5) is 5.82 Å². The Morgan fingerprint density at radius 1 is 0.966 bits per heavy atom. The van der Waals surface area contributed by atoms with Gasteiger partial charge in [0.1, 0.15) is 5.82 Å². The lowest BCUT2D eigenvalue weighted by molar-refractivity contribution is 0.876. The van der Waals surface area contributed by atoms with Crippen LogP contribution in [0.2, 0.25) is 5.02 Å². The van der Waals surface area contributed by atoms with Gasteiger partial charge in [0.25, 0.3) is 0 Å². The van der Waals surface area contributed by atoms with E-state index in [9.17, 15) is 0 Å². The van der Waals surface area contributed by atoms with Gasteiger partial charge in [0, 0.05) is 22.6 Å². The second-order valence-corrected chi connectivity index (χ2v) is 8.12. The Morgan fingerprint density at radius 2 is 1.76 bits per heavy atom. The Labute approximate surface area is 177 Å². The van der Waals surface area contributed by atoms with Crippen LogP contribution in [0.25, 0.3) is 10.8 Å². The van der Waals surface area contributed by atoms with E-state index in [4.69, 9.17) is 11.6 Å². The summed E-state index contributed by atoms with van der Waals surface area (Å²) in [6.45, 7) is 6.31. The zero-order valence-corrected chi connectivity index (χ0v) is 17.8.